The Kier molecular flexibility index (Phi) is 3.06. The van der Waals surface area contributed by atoms with Crippen LogP contribution in [0.1, 0.15) is 21.1 Å². The van der Waals surface area contributed by atoms with E-state index < -0.39 is 0 Å². The summed E-state index contributed by atoms with van der Waals surface area (Å²) >= 11 is 1.44. The molecule has 0 saturated heterocycles. The molecule has 0 spiro atoms. The van der Waals surface area contributed by atoms with E-state index in [1.54, 1.807) is 11.4 Å². The van der Waals surface area contributed by atoms with Gasteiger partial charge in [0.25, 0.3) is 5.91 Å². The van der Waals surface area contributed by atoms with Gasteiger partial charge in [-0.2, -0.15) is 0 Å². The molecule has 6 heteroatoms. The molecule has 0 aliphatic rings. The molecule has 0 atom stereocenters. The van der Waals surface area contributed by atoms with Crippen LogP contribution in [-0.4, -0.2) is 15.9 Å². The molecule has 0 saturated carbocycles. The van der Waals surface area contributed by atoms with Crippen LogP contribution in [0.4, 0.5) is 11.5 Å². The first-order valence-corrected chi connectivity index (χ1v) is 5.90. The molecule has 2 rings (SSSR count). The van der Waals surface area contributed by atoms with E-state index in [0.717, 1.165) is 10.6 Å². The molecule has 5 nitrogen and oxygen atoms in total. The minimum absolute atomic E-state index is 0.258. The van der Waals surface area contributed by atoms with E-state index in [9.17, 15) is 4.79 Å². The van der Waals surface area contributed by atoms with Crippen molar-refractivity contribution in [2.75, 3.05) is 11.1 Å². The summed E-state index contributed by atoms with van der Waals surface area (Å²) in [5, 5.41) is 5.25. The number of nitrogens with two attached hydrogens (primary N) is 1. The number of carbonyl (C=O) groups excluding carboxylic acids is 1. The Balaban J connectivity index is 2.15. The molecule has 0 unspecified atom stereocenters. The minimum Gasteiger partial charge on any atom is -0.397 e. The van der Waals surface area contributed by atoms with Crippen molar-refractivity contribution in [2.24, 2.45) is 0 Å². The molecule has 0 fully saturated rings. The van der Waals surface area contributed by atoms with Gasteiger partial charge in [0.1, 0.15) is 11.5 Å². The van der Waals surface area contributed by atoms with Gasteiger partial charge in [0.15, 0.2) is 0 Å². The third-order valence-electron chi connectivity index (χ3n) is 2.24. The lowest BCUT2D eigenvalue weighted by molar-refractivity contribution is 0.102. The molecule has 0 aromatic carbocycles. The Hall–Kier alpha value is -1.95. The van der Waals surface area contributed by atoms with Crippen LogP contribution in [0.25, 0.3) is 0 Å². The molecule has 2 heterocycles. The first kappa shape index (κ1) is 11.5. The van der Waals surface area contributed by atoms with Gasteiger partial charge in [-0.25, -0.2) is 9.97 Å². The van der Waals surface area contributed by atoms with Crippen molar-refractivity contribution >= 4 is 28.7 Å². The lowest BCUT2D eigenvalue weighted by Crippen LogP contribution is -2.13. The van der Waals surface area contributed by atoms with Crippen molar-refractivity contribution in [3.05, 3.63) is 33.9 Å². The Labute approximate surface area is 103 Å². The fourth-order valence-corrected chi connectivity index (χ4v) is 1.88. The summed E-state index contributed by atoms with van der Waals surface area (Å²) < 4.78 is 0. The van der Waals surface area contributed by atoms with Crippen LogP contribution in [-0.2, 0) is 0 Å². The molecule has 17 heavy (non-hydrogen) atoms. The van der Waals surface area contributed by atoms with E-state index in [1.165, 1.54) is 17.5 Å². The van der Waals surface area contributed by atoms with E-state index in [-0.39, 0.29) is 5.91 Å². The number of rotatable bonds is 2. The van der Waals surface area contributed by atoms with E-state index in [4.69, 9.17) is 5.73 Å². The fourth-order valence-electron chi connectivity index (χ4n) is 1.28. The SMILES string of the molecule is Cc1nc(C(=O)Nc2cc(C)c(N)cn2)cs1. The number of nitrogens with zero attached hydrogens (tertiary/aromatic N) is 2. The second-order valence-corrected chi connectivity index (χ2v) is 4.69. The van der Waals surface area contributed by atoms with Gasteiger partial charge in [-0.1, -0.05) is 0 Å². The van der Waals surface area contributed by atoms with Gasteiger partial charge in [-0.3, -0.25) is 4.79 Å². The molecule has 1 amide bonds. The zero-order valence-electron chi connectivity index (χ0n) is 9.52. The maximum atomic E-state index is 11.8. The number of pyridine rings is 1. The van der Waals surface area contributed by atoms with E-state index in [1.807, 2.05) is 13.8 Å². The summed E-state index contributed by atoms with van der Waals surface area (Å²) in [6.07, 6.45) is 1.53. The third kappa shape index (κ3) is 2.59. The Morgan fingerprint density at radius 3 is 2.82 bits per heavy atom. The summed E-state index contributed by atoms with van der Waals surface area (Å²) in [5.41, 5.74) is 7.54. The first-order chi connectivity index (χ1) is 8.06. The van der Waals surface area contributed by atoms with Gasteiger partial charge in [0.2, 0.25) is 0 Å². The second kappa shape index (κ2) is 4.50. The van der Waals surface area contributed by atoms with E-state index in [2.05, 4.69) is 15.3 Å². The highest BCUT2D eigenvalue weighted by Crippen LogP contribution is 2.14. The van der Waals surface area contributed by atoms with Crippen molar-refractivity contribution in [2.45, 2.75) is 13.8 Å². The maximum absolute atomic E-state index is 11.8. The standard InChI is InChI=1S/C11H12N4OS/c1-6-3-10(13-4-8(6)12)15-11(16)9-5-17-7(2)14-9/h3-5H,12H2,1-2H3,(H,13,15,16). The number of hydrogen-bond donors (Lipinski definition) is 2. The van der Waals surface area contributed by atoms with Crippen LogP contribution >= 0.6 is 11.3 Å². The van der Waals surface area contributed by atoms with Crippen LogP contribution in [0.3, 0.4) is 0 Å². The van der Waals surface area contributed by atoms with Gasteiger partial charge in [-0.05, 0) is 25.5 Å². The van der Waals surface area contributed by atoms with Crippen LogP contribution in [0.15, 0.2) is 17.6 Å². The van der Waals surface area contributed by atoms with Crippen molar-refractivity contribution < 1.29 is 4.79 Å². The number of carbonyl (C=O) groups is 1. The highest BCUT2D eigenvalue weighted by molar-refractivity contribution is 7.09. The number of amides is 1. The summed E-state index contributed by atoms with van der Waals surface area (Å²) in [6.45, 7) is 3.71. The van der Waals surface area contributed by atoms with E-state index in [0.29, 0.717) is 17.2 Å². The Morgan fingerprint density at radius 2 is 2.24 bits per heavy atom. The van der Waals surface area contributed by atoms with Gasteiger partial charge in [0, 0.05) is 5.38 Å². The Bertz CT molecular complexity index is 564. The number of aromatic nitrogens is 2. The summed E-state index contributed by atoms with van der Waals surface area (Å²) in [5.74, 6) is 0.221. The lowest BCUT2D eigenvalue weighted by Gasteiger charge is -2.04. The van der Waals surface area contributed by atoms with Crippen LogP contribution in [0, 0.1) is 13.8 Å². The van der Waals surface area contributed by atoms with E-state index >= 15 is 0 Å². The van der Waals surface area contributed by atoms with Crippen molar-refractivity contribution in [1.82, 2.24) is 9.97 Å². The quantitative estimate of drug-likeness (QED) is 0.851. The number of anilines is 2. The molecule has 0 aliphatic carbocycles. The molecular formula is C11H12N4OS. The molecule has 88 valence electrons. The molecule has 0 radical (unpaired) electrons. The predicted octanol–water partition coefficient (Wildman–Crippen LogP) is 1.99. The largest absolute Gasteiger partial charge is 0.397 e. The van der Waals surface area contributed by atoms with Crippen LogP contribution in [0.5, 0.6) is 0 Å². The lowest BCUT2D eigenvalue weighted by atomic mass is 10.2. The topological polar surface area (TPSA) is 80.9 Å². The zero-order chi connectivity index (χ0) is 12.4. The highest BCUT2D eigenvalue weighted by atomic mass is 32.1. The molecule has 2 aromatic rings. The van der Waals surface area contributed by atoms with Crippen molar-refractivity contribution in [3.8, 4) is 0 Å². The number of nitrogens with one attached hydrogen (secondary N) is 1. The number of aryl methyl sites for hydroxylation is 2. The zero-order valence-corrected chi connectivity index (χ0v) is 10.3. The second-order valence-electron chi connectivity index (χ2n) is 3.63. The van der Waals surface area contributed by atoms with Crippen LogP contribution < -0.4 is 11.1 Å². The number of hydrogen-bond acceptors (Lipinski definition) is 5. The summed E-state index contributed by atoms with van der Waals surface area (Å²) in [4.78, 5) is 19.9. The normalized spacial score (nSPS) is 10.2. The molecule has 2 aromatic heterocycles. The minimum atomic E-state index is -0.258. The highest BCUT2D eigenvalue weighted by Gasteiger charge is 2.10. The average Bonchev–Trinajstić information content (AvgIpc) is 2.70. The molecule has 3 N–H and O–H groups in total. The predicted molar refractivity (Wildman–Crippen MR) is 68.2 cm³/mol. The van der Waals surface area contributed by atoms with Crippen LogP contribution in [0.2, 0.25) is 0 Å². The number of thiazole rings is 1. The molecule has 0 aliphatic heterocycles. The monoisotopic (exact) mass is 248 g/mol. The Morgan fingerprint density at radius 1 is 1.47 bits per heavy atom. The third-order valence-corrected chi connectivity index (χ3v) is 3.02. The average molecular weight is 248 g/mol. The summed E-state index contributed by atoms with van der Waals surface area (Å²) in [7, 11) is 0. The van der Waals surface area contributed by atoms with Gasteiger partial charge in [0.05, 0.1) is 16.9 Å². The first-order valence-electron chi connectivity index (χ1n) is 5.02. The fraction of sp³-hybridized carbons (Fsp3) is 0.182. The summed E-state index contributed by atoms with van der Waals surface area (Å²) in [6, 6.07) is 1.73. The molecule has 0 bridgehead atoms. The smallest absolute Gasteiger partial charge is 0.276 e. The van der Waals surface area contributed by atoms with Gasteiger partial charge < -0.3 is 11.1 Å². The van der Waals surface area contributed by atoms with Gasteiger partial charge in [-0.15, -0.1) is 11.3 Å². The van der Waals surface area contributed by atoms with Gasteiger partial charge >= 0.3 is 0 Å². The van der Waals surface area contributed by atoms with Crippen molar-refractivity contribution in [1.29, 1.82) is 0 Å². The van der Waals surface area contributed by atoms with Crippen molar-refractivity contribution in [3.63, 3.8) is 0 Å². The maximum Gasteiger partial charge on any atom is 0.276 e. The molecular weight excluding hydrogens is 236 g/mol. The number of nitrogen functional groups attached to an aromatic ring is 1.